The van der Waals surface area contributed by atoms with E-state index >= 15 is 0 Å². The molecule has 1 aromatic rings. The molecule has 112 valence electrons. The Balaban J connectivity index is 2.35. The molecule has 0 radical (unpaired) electrons. The van der Waals surface area contributed by atoms with E-state index in [1.807, 2.05) is 30.3 Å². The maximum absolute atomic E-state index is 11.4. The molecule has 1 aromatic carbocycles. The molecule has 0 aliphatic rings. The summed E-state index contributed by atoms with van der Waals surface area (Å²) in [7, 11) is -4.12. The number of hydrogen-bond acceptors (Lipinski definition) is 3. The van der Waals surface area contributed by atoms with Gasteiger partial charge in [0.05, 0.1) is 5.66 Å². The molecule has 6 heteroatoms. The summed E-state index contributed by atoms with van der Waals surface area (Å²) in [6, 6.07) is 10.0. The van der Waals surface area contributed by atoms with Gasteiger partial charge in [-0.05, 0) is 24.8 Å². The lowest BCUT2D eigenvalue weighted by Crippen LogP contribution is -2.13. The van der Waals surface area contributed by atoms with Gasteiger partial charge in [-0.15, -0.1) is 0 Å². The molecular weight excluding hydrogens is 295 g/mol. The fraction of sp³-hybridized carbons (Fsp3) is 0.500. The van der Waals surface area contributed by atoms with Gasteiger partial charge in [0.15, 0.2) is 5.12 Å². The van der Waals surface area contributed by atoms with Gasteiger partial charge in [0.1, 0.15) is 0 Å². The third-order valence-electron chi connectivity index (χ3n) is 3.05. The van der Waals surface area contributed by atoms with Gasteiger partial charge >= 0.3 is 7.60 Å². The molecule has 0 saturated heterocycles. The van der Waals surface area contributed by atoms with E-state index in [1.165, 1.54) is 12.5 Å². The third-order valence-corrected chi connectivity index (χ3v) is 5.66. The van der Waals surface area contributed by atoms with Gasteiger partial charge in [-0.25, -0.2) is 0 Å². The molecule has 1 atom stereocenters. The highest BCUT2D eigenvalue weighted by Crippen LogP contribution is 2.45. The van der Waals surface area contributed by atoms with Crippen molar-refractivity contribution in [1.29, 1.82) is 0 Å². The first kappa shape index (κ1) is 17.4. The minimum absolute atomic E-state index is 0.104. The summed E-state index contributed by atoms with van der Waals surface area (Å²) in [4.78, 5) is 29.5. The lowest BCUT2D eigenvalue weighted by atomic mass is 10.1. The topological polar surface area (TPSA) is 74.6 Å². The quantitative estimate of drug-likeness (QED) is 0.569. The smallest absolute Gasteiger partial charge is 0.324 e. The van der Waals surface area contributed by atoms with Gasteiger partial charge in [-0.2, -0.15) is 0 Å². The second-order valence-electron chi connectivity index (χ2n) is 4.78. The standard InChI is InChI=1S/C14H21O4PS/c1-12(15)20-11-14(19(16,17)18)10-6-5-9-13-7-3-2-4-8-13/h2-4,7-8,14H,5-6,9-11H2,1H3,(H2,16,17,18)/t14-/m1/s1. The largest absolute Gasteiger partial charge is 0.329 e. The zero-order valence-electron chi connectivity index (χ0n) is 11.6. The Bertz CT molecular complexity index is 458. The molecule has 0 fully saturated rings. The predicted molar refractivity (Wildman–Crippen MR) is 83.0 cm³/mol. The van der Waals surface area contributed by atoms with E-state index in [0.29, 0.717) is 6.42 Å². The number of thioether (sulfide) groups is 1. The summed E-state index contributed by atoms with van der Waals surface area (Å²) >= 11 is 0.990. The molecule has 0 bridgehead atoms. The van der Waals surface area contributed by atoms with Crippen LogP contribution in [-0.2, 0) is 15.8 Å². The minimum atomic E-state index is -4.12. The van der Waals surface area contributed by atoms with Crippen molar-refractivity contribution >= 4 is 24.5 Å². The number of hydrogen-bond donors (Lipinski definition) is 2. The summed E-state index contributed by atoms with van der Waals surface area (Å²) in [5, 5.41) is -0.104. The maximum atomic E-state index is 11.4. The number of aryl methyl sites for hydroxylation is 1. The zero-order valence-corrected chi connectivity index (χ0v) is 13.3. The lowest BCUT2D eigenvalue weighted by molar-refractivity contribution is -0.109. The average Bonchev–Trinajstić information content (AvgIpc) is 2.37. The normalized spacial score (nSPS) is 13.2. The number of benzene rings is 1. The van der Waals surface area contributed by atoms with Crippen molar-refractivity contribution in [2.75, 3.05) is 5.75 Å². The van der Waals surface area contributed by atoms with Crippen LogP contribution in [0.15, 0.2) is 30.3 Å². The van der Waals surface area contributed by atoms with E-state index in [1.54, 1.807) is 0 Å². The number of rotatable bonds is 8. The van der Waals surface area contributed by atoms with Crippen molar-refractivity contribution in [3.05, 3.63) is 35.9 Å². The molecule has 0 aliphatic heterocycles. The average molecular weight is 316 g/mol. The second-order valence-corrected chi connectivity index (χ2v) is 7.88. The SMILES string of the molecule is CC(=O)SC[C@@H](CCCCc1ccccc1)P(=O)(O)O. The first-order valence-electron chi connectivity index (χ1n) is 6.62. The van der Waals surface area contributed by atoms with Crippen molar-refractivity contribution in [2.24, 2.45) is 0 Å². The molecule has 0 saturated carbocycles. The molecule has 20 heavy (non-hydrogen) atoms. The fourth-order valence-corrected chi connectivity index (χ4v) is 4.03. The Morgan fingerprint density at radius 2 is 1.90 bits per heavy atom. The van der Waals surface area contributed by atoms with Crippen LogP contribution in [0.1, 0.15) is 31.7 Å². The fourth-order valence-electron chi connectivity index (χ4n) is 1.92. The van der Waals surface area contributed by atoms with E-state index < -0.39 is 13.3 Å². The predicted octanol–water partition coefficient (Wildman–Crippen LogP) is 3.23. The highest BCUT2D eigenvalue weighted by molar-refractivity contribution is 8.13. The van der Waals surface area contributed by atoms with Gasteiger partial charge < -0.3 is 9.79 Å². The summed E-state index contributed by atoms with van der Waals surface area (Å²) in [6.45, 7) is 1.41. The molecule has 0 aromatic heterocycles. The molecule has 1 rings (SSSR count). The molecular formula is C14H21O4PS. The van der Waals surface area contributed by atoms with Gasteiger partial charge in [-0.3, -0.25) is 9.36 Å². The monoisotopic (exact) mass is 316 g/mol. The van der Waals surface area contributed by atoms with Crippen LogP contribution in [0, 0.1) is 0 Å². The molecule has 0 aliphatic carbocycles. The van der Waals surface area contributed by atoms with Crippen molar-refractivity contribution in [3.63, 3.8) is 0 Å². The Labute approximate surface area is 124 Å². The summed E-state index contributed by atoms with van der Waals surface area (Å²) < 4.78 is 11.4. The highest BCUT2D eigenvalue weighted by atomic mass is 32.2. The number of carbonyl (C=O) groups is 1. The van der Waals surface area contributed by atoms with E-state index in [0.717, 1.165) is 31.0 Å². The molecule has 0 heterocycles. The van der Waals surface area contributed by atoms with Crippen LogP contribution >= 0.6 is 19.4 Å². The lowest BCUT2D eigenvalue weighted by Gasteiger charge is -2.17. The Morgan fingerprint density at radius 1 is 1.25 bits per heavy atom. The summed E-state index contributed by atoms with van der Waals surface area (Å²) in [6.07, 6.45) is 3.01. The molecule has 2 N–H and O–H groups in total. The van der Waals surface area contributed by atoms with Crippen LogP contribution in [0.4, 0.5) is 0 Å². The van der Waals surface area contributed by atoms with Gasteiger partial charge in [0.2, 0.25) is 0 Å². The van der Waals surface area contributed by atoms with Crippen LogP contribution in [-0.4, -0.2) is 26.3 Å². The maximum Gasteiger partial charge on any atom is 0.329 e. The minimum Gasteiger partial charge on any atom is -0.324 e. The summed E-state index contributed by atoms with van der Waals surface area (Å²) in [5.41, 5.74) is 0.519. The number of unbranched alkanes of at least 4 members (excludes halogenated alkanes) is 1. The van der Waals surface area contributed by atoms with Gasteiger partial charge in [-0.1, -0.05) is 48.5 Å². The Kier molecular flexibility index (Phi) is 7.52. The second kappa shape index (κ2) is 8.63. The zero-order chi connectivity index (χ0) is 15.0. The Hall–Kier alpha value is -0.610. The highest BCUT2D eigenvalue weighted by Gasteiger charge is 2.28. The van der Waals surface area contributed by atoms with E-state index in [2.05, 4.69) is 0 Å². The van der Waals surface area contributed by atoms with Crippen molar-refractivity contribution < 1.29 is 19.1 Å². The van der Waals surface area contributed by atoms with Gasteiger partial charge in [0, 0.05) is 12.7 Å². The van der Waals surface area contributed by atoms with Gasteiger partial charge in [0.25, 0.3) is 0 Å². The van der Waals surface area contributed by atoms with E-state index in [-0.39, 0.29) is 10.9 Å². The van der Waals surface area contributed by atoms with Crippen LogP contribution in [0.5, 0.6) is 0 Å². The number of carbonyl (C=O) groups excluding carboxylic acids is 1. The van der Waals surface area contributed by atoms with E-state index in [9.17, 15) is 19.1 Å². The molecule has 0 spiro atoms. The van der Waals surface area contributed by atoms with Crippen molar-refractivity contribution in [3.8, 4) is 0 Å². The van der Waals surface area contributed by atoms with Crippen LogP contribution in [0.3, 0.4) is 0 Å². The molecule has 0 unspecified atom stereocenters. The van der Waals surface area contributed by atoms with Crippen LogP contribution < -0.4 is 0 Å². The first-order valence-corrected chi connectivity index (χ1v) is 9.29. The molecule has 0 amide bonds. The van der Waals surface area contributed by atoms with Crippen LogP contribution in [0.2, 0.25) is 0 Å². The first-order chi connectivity index (χ1) is 9.39. The van der Waals surface area contributed by atoms with Crippen molar-refractivity contribution in [2.45, 2.75) is 38.3 Å². The summed E-state index contributed by atoms with van der Waals surface area (Å²) in [5.74, 6) is 0.199. The third kappa shape index (κ3) is 7.25. The van der Waals surface area contributed by atoms with Crippen LogP contribution in [0.25, 0.3) is 0 Å². The van der Waals surface area contributed by atoms with E-state index in [4.69, 9.17) is 0 Å². The Morgan fingerprint density at radius 3 is 2.45 bits per heavy atom. The van der Waals surface area contributed by atoms with Crippen molar-refractivity contribution in [1.82, 2.24) is 0 Å². The molecule has 4 nitrogen and oxygen atoms in total.